The predicted molar refractivity (Wildman–Crippen MR) is 124 cm³/mol. The summed E-state index contributed by atoms with van der Waals surface area (Å²) in [7, 11) is 1.63. The van der Waals surface area contributed by atoms with Gasteiger partial charge in [0, 0.05) is 57.7 Å². The Morgan fingerprint density at radius 3 is 2.85 bits per heavy atom. The number of nitrogens with one attached hydrogen (secondary N) is 1. The van der Waals surface area contributed by atoms with Crippen LogP contribution in [0.25, 0.3) is 0 Å². The van der Waals surface area contributed by atoms with Crippen LogP contribution in [0, 0.1) is 27.4 Å². The van der Waals surface area contributed by atoms with Crippen molar-refractivity contribution in [3.8, 4) is 6.07 Å². The summed E-state index contributed by atoms with van der Waals surface area (Å²) in [5.74, 6) is -0.423. The number of amides is 1. The van der Waals surface area contributed by atoms with Gasteiger partial charge in [-0.2, -0.15) is 5.26 Å². The lowest BCUT2D eigenvalue weighted by Gasteiger charge is -2.49. The summed E-state index contributed by atoms with van der Waals surface area (Å²) in [5.41, 5.74) is 3.28. The Kier molecular flexibility index (Phi) is 6.75. The highest BCUT2D eigenvalue weighted by atomic mass is 16.6. The average molecular weight is 450 g/mol. The number of non-ortho nitro benzene ring substituents is 1. The minimum absolute atomic E-state index is 0.0352. The van der Waals surface area contributed by atoms with Crippen molar-refractivity contribution in [2.45, 2.75) is 18.9 Å². The fourth-order valence-corrected chi connectivity index (χ4v) is 4.84. The fourth-order valence-electron chi connectivity index (χ4n) is 4.84. The number of fused-ring (bicyclic) bond motifs is 3. The molecule has 172 valence electrons. The Labute approximate surface area is 192 Å². The maximum absolute atomic E-state index is 13.2. The minimum atomic E-state index is -0.400. The molecule has 2 aromatic rings. The number of methoxy groups -OCH3 is 1. The number of nitro benzene ring substituents is 1. The quantitative estimate of drug-likeness (QED) is 0.393. The van der Waals surface area contributed by atoms with E-state index in [1.165, 1.54) is 6.07 Å². The predicted octanol–water partition coefficient (Wildman–Crippen LogP) is 2.49. The average Bonchev–Trinajstić information content (AvgIpc) is 2.85. The Morgan fingerprint density at radius 2 is 2.09 bits per heavy atom. The summed E-state index contributed by atoms with van der Waals surface area (Å²) >= 11 is 0. The minimum Gasteiger partial charge on any atom is -0.385 e. The number of benzene rings is 2. The first kappa shape index (κ1) is 22.6. The molecule has 2 heterocycles. The van der Waals surface area contributed by atoms with Crippen molar-refractivity contribution in [3.05, 3.63) is 63.7 Å². The van der Waals surface area contributed by atoms with Crippen LogP contribution in [0.1, 0.15) is 17.5 Å². The van der Waals surface area contributed by atoms with Crippen molar-refractivity contribution in [2.75, 3.05) is 49.7 Å². The standard InChI is InChI=1S/C24H27N5O4/c1-33-12-4-9-26-24(30)20-14-18-13-19(29(31)32)7-8-22(18)28-11-10-27(16-23(20)28)21-6-3-2-5-17(21)15-25/h2-3,5-8,13,20,23H,4,9-12,14,16H2,1H3,(H,26,30)/t20-,23-/m1/s1. The van der Waals surface area contributed by atoms with E-state index in [0.29, 0.717) is 51.2 Å². The van der Waals surface area contributed by atoms with Crippen LogP contribution in [0.15, 0.2) is 42.5 Å². The first-order valence-electron chi connectivity index (χ1n) is 11.1. The molecule has 0 bridgehead atoms. The van der Waals surface area contributed by atoms with Gasteiger partial charge in [-0.1, -0.05) is 12.1 Å². The van der Waals surface area contributed by atoms with Crippen molar-refractivity contribution in [3.63, 3.8) is 0 Å². The van der Waals surface area contributed by atoms with Crippen molar-refractivity contribution in [1.82, 2.24) is 5.32 Å². The summed E-state index contributed by atoms with van der Waals surface area (Å²) in [6, 6.07) is 14.6. The second kappa shape index (κ2) is 9.88. The molecule has 2 aromatic carbocycles. The number of para-hydroxylation sites is 1. The summed E-state index contributed by atoms with van der Waals surface area (Å²) in [4.78, 5) is 28.5. The van der Waals surface area contributed by atoms with Gasteiger partial charge in [0.25, 0.3) is 5.69 Å². The maximum atomic E-state index is 13.2. The molecule has 9 nitrogen and oxygen atoms in total. The van der Waals surface area contributed by atoms with Crippen molar-refractivity contribution in [2.24, 2.45) is 5.92 Å². The first-order chi connectivity index (χ1) is 16.0. The van der Waals surface area contributed by atoms with Gasteiger partial charge in [0.2, 0.25) is 5.91 Å². The Hall–Kier alpha value is -3.64. The Bertz CT molecular complexity index is 1080. The number of rotatable bonds is 7. The number of nitrogens with zero attached hydrogens (tertiary/aromatic N) is 4. The third kappa shape index (κ3) is 4.61. The SMILES string of the molecule is COCCCNC(=O)[C@@H]1Cc2cc([N+](=O)[O-])ccc2N2CCN(c3ccccc3C#N)C[C@H]12. The molecule has 0 aromatic heterocycles. The molecule has 9 heteroatoms. The van der Waals surface area contributed by atoms with E-state index in [4.69, 9.17) is 4.74 Å². The molecule has 1 fully saturated rings. The molecule has 0 saturated carbocycles. The highest BCUT2D eigenvalue weighted by Crippen LogP contribution is 2.39. The second-order valence-electron chi connectivity index (χ2n) is 8.35. The number of hydrogen-bond acceptors (Lipinski definition) is 7. The smallest absolute Gasteiger partial charge is 0.269 e. The van der Waals surface area contributed by atoms with Gasteiger partial charge in [-0.15, -0.1) is 0 Å². The van der Waals surface area contributed by atoms with Crippen LogP contribution < -0.4 is 15.1 Å². The number of piperazine rings is 1. The van der Waals surface area contributed by atoms with Crippen molar-refractivity contribution in [1.29, 1.82) is 5.26 Å². The molecule has 0 unspecified atom stereocenters. The van der Waals surface area contributed by atoms with Gasteiger partial charge in [0.05, 0.1) is 28.1 Å². The third-order valence-electron chi connectivity index (χ3n) is 6.43. The van der Waals surface area contributed by atoms with E-state index < -0.39 is 4.92 Å². The fraction of sp³-hybridized carbons (Fsp3) is 0.417. The second-order valence-corrected chi connectivity index (χ2v) is 8.35. The van der Waals surface area contributed by atoms with E-state index >= 15 is 0 Å². The Balaban J connectivity index is 1.64. The van der Waals surface area contributed by atoms with E-state index in [1.807, 2.05) is 18.2 Å². The van der Waals surface area contributed by atoms with Crippen LogP contribution in [0.3, 0.4) is 0 Å². The zero-order valence-corrected chi connectivity index (χ0v) is 18.6. The lowest BCUT2D eigenvalue weighted by Crippen LogP contribution is -2.61. The van der Waals surface area contributed by atoms with Crippen molar-refractivity contribution >= 4 is 23.0 Å². The molecule has 0 aliphatic carbocycles. The van der Waals surface area contributed by atoms with Gasteiger partial charge >= 0.3 is 0 Å². The number of carbonyl (C=O) groups excluding carboxylic acids is 1. The lowest BCUT2D eigenvalue weighted by atomic mass is 9.83. The highest BCUT2D eigenvalue weighted by molar-refractivity contribution is 5.82. The van der Waals surface area contributed by atoms with Crippen LogP contribution >= 0.6 is 0 Å². The summed E-state index contributed by atoms with van der Waals surface area (Å²) in [6.45, 7) is 3.01. The van der Waals surface area contributed by atoms with E-state index in [9.17, 15) is 20.2 Å². The molecule has 1 amide bonds. The molecule has 0 spiro atoms. The van der Waals surface area contributed by atoms with Gasteiger partial charge in [-0.25, -0.2) is 0 Å². The normalized spacial score (nSPS) is 19.3. The summed E-state index contributed by atoms with van der Waals surface area (Å²) in [5, 5.41) is 23.9. The van der Waals surface area contributed by atoms with Crippen LogP contribution in [-0.2, 0) is 16.0 Å². The third-order valence-corrected chi connectivity index (χ3v) is 6.43. The molecule has 1 saturated heterocycles. The van der Waals surface area contributed by atoms with E-state index in [1.54, 1.807) is 25.3 Å². The number of nitriles is 1. The molecule has 33 heavy (non-hydrogen) atoms. The molecule has 1 N–H and O–H groups in total. The molecule has 2 aliphatic rings. The Morgan fingerprint density at radius 1 is 1.27 bits per heavy atom. The summed E-state index contributed by atoms with van der Waals surface area (Å²) < 4.78 is 5.07. The van der Waals surface area contributed by atoms with Gasteiger partial charge < -0.3 is 19.9 Å². The summed E-state index contributed by atoms with van der Waals surface area (Å²) in [6.07, 6.45) is 1.15. The van der Waals surface area contributed by atoms with E-state index in [0.717, 1.165) is 16.9 Å². The van der Waals surface area contributed by atoms with Crippen LogP contribution in [0.4, 0.5) is 17.1 Å². The van der Waals surface area contributed by atoms with Gasteiger partial charge in [-0.3, -0.25) is 14.9 Å². The van der Waals surface area contributed by atoms with E-state index in [-0.39, 0.29) is 23.6 Å². The highest BCUT2D eigenvalue weighted by Gasteiger charge is 2.42. The van der Waals surface area contributed by atoms with Gasteiger partial charge in [0.15, 0.2) is 0 Å². The largest absolute Gasteiger partial charge is 0.385 e. The number of anilines is 2. The number of nitro groups is 1. The molecule has 2 atom stereocenters. The van der Waals surface area contributed by atoms with Gasteiger partial charge in [-0.05, 0) is 36.6 Å². The number of ether oxygens (including phenoxy) is 1. The monoisotopic (exact) mass is 449 g/mol. The van der Waals surface area contributed by atoms with E-state index in [2.05, 4.69) is 21.2 Å². The first-order valence-corrected chi connectivity index (χ1v) is 11.1. The molecular formula is C24H27N5O4. The maximum Gasteiger partial charge on any atom is 0.269 e. The topological polar surface area (TPSA) is 112 Å². The zero-order valence-electron chi connectivity index (χ0n) is 18.6. The number of carbonyl (C=O) groups is 1. The van der Waals surface area contributed by atoms with Crippen LogP contribution in [-0.4, -0.2) is 56.8 Å². The van der Waals surface area contributed by atoms with Crippen LogP contribution in [0.5, 0.6) is 0 Å². The molecule has 0 radical (unpaired) electrons. The lowest BCUT2D eigenvalue weighted by molar-refractivity contribution is -0.384. The number of hydrogen-bond donors (Lipinski definition) is 1. The molecular weight excluding hydrogens is 422 g/mol. The molecule has 4 rings (SSSR count). The zero-order chi connectivity index (χ0) is 23.4. The molecule has 2 aliphatic heterocycles. The van der Waals surface area contributed by atoms with Crippen LogP contribution in [0.2, 0.25) is 0 Å². The van der Waals surface area contributed by atoms with Gasteiger partial charge in [0.1, 0.15) is 6.07 Å². The van der Waals surface area contributed by atoms with Crippen molar-refractivity contribution < 1.29 is 14.5 Å².